The first-order valence-electron chi connectivity index (χ1n) is 18.7. The molecule has 2 aromatic heterocycles. The largest absolute Gasteiger partial charge is 0.490 e. The van der Waals surface area contributed by atoms with Crippen LogP contribution in [0.25, 0.3) is 11.2 Å². The highest BCUT2D eigenvalue weighted by molar-refractivity contribution is 7.66. The second kappa shape index (κ2) is 19.7. The molecule has 3 aliphatic heterocycles. The number of nitrogens with two attached hydrogens (primary N) is 5. The van der Waals surface area contributed by atoms with Crippen LogP contribution >= 0.6 is 23.5 Å². The number of rotatable bonds is 16. The maximum absolute atomic E-state index is 12.9. The molecule has 2 aromatic rings. The van der Waals surface area contributed by atoms with Crippen LogP contribution in [0.3, 0.4) is 0 Å². The third kappa shape index (κ3) is 10.9. The molecule has 1 aliphatic carbocycles. The van der Waals surface area contributed by atoms with Crippen molar-refractivity contribution >= 4 is 40.4 Å². The van der Waals surface area contributed by atoms with Gasteiger partial charge in [-0.1, -0.05) is 0 Å². The minimum Gasteiger partial charge on any atom is -0.394 e. The lowest BCUT2D eigenvalue weighted by molar-refractivity contribution is -0.330. The molecule has 0 bridgehead atoms. The van der Waals surface area contributed by atoms with Crippen molar-refractivity contribution in [3.05, 3.63) is 12.7 Å². The minimum absolute atomic E-state index is 0.0175. The van der Waals surface area contributed by atoms with Gasteiger partial charge in [0.2, 0.25) is 0 Å². The number of phosphoric ester groups is 2. The Morgan fingerprint density at radius 3 is 1.92 bits per heavy atom. The Hall–Kier alpha value is -1.92. The summed E-state index contributed by atoms with van der Waals surface area (Å²) in [6.07, 6.45) is -25.6. The van der Waals surface area contributed by atoms with Crippen molar-refractivity contribution in [1.82, 2.24) is 19.5 Å². The summed E-state index contributed by atoms with van der Waals surface area (Å²) < 4.78 is 85.0. The van der Waals surface area contributed by atoms with E-state index in [4.69, 9.17) is 56.9 Å². The van der Waals surface area contributed by atoms with E-state index in [0.717, 1.165) is 12.7 Å². The zero-order valence-corrected chi connectivity index (χ0v) is 35.0. The molecule has 0 aromatic carbocycles. The monoisotopic (exact) mass is 973 g/mol. The lowest BCUT2D eigenvalue weighted by atomic mass is 9.84. The molecule has 4 aliphatic rings. The molecule has 32 nitrogen and oxygen atoms in total. The Balaban J connectivity index is 1.04. The maximum atomic E-state index is 12.9. The van der Waals surface area contributed by atoms with Gasteiger partial charge in [-0.2, -0.15) is 8.62 Å². The van der Waals surface area contributed by atoms with E-state index in [0.29, 0.717) is 0 Å². The predicted molar refractivity (Wildman–Crippen MR) is 200 cm³/mol. The number of nitrogen functional groups attached to an aromatic ring is 1. The van der Waals surface area contributed by atoms with Crippen LogP contribution in [0.1, 0.15) is 12.6 Å². The number of aliphatic hydroxyl groups is 8. The van der Waals surface area contributed by atoms with Crippen molar-refractivity contribution in [2.45, 2.75) is 123 Å². The van der Waals surface area contributed by atoms with Crippen molar-refractivity contribution in [1.29, 1.82) is 0 Å². The highest BCUT2D eigenvalue weighted by Gasteiger charge is 2.54. The Morgan fingerprint density at radius 1 is 0.698 bits per heavy atom. The number of ether oxygens (including phenoxy) is 5. The van der Waals surface area contributed by atoms with Crippen LogP contribution in [-0.4, -0.2) is 205 Å². The lowest BCUT2D eigenvalue weighted by Gasteiger charge is -2.48. The first kappa shape index (κ1) is 50.5. The first-order valence-corrected chi connectivity index (χ1v) is 23.2. The molecule has 360 valence electrons. The zero-order chi connectivity index (χ0) is 46.5. The average molecular weight is 974 g/mol. The number of aliphatic hydroxyl groups excluding tert-OH is 8. The van der Waals surface area contributed by atoms with Crippen molar-refractivity contribution in [3.63, 3.8) is 0 Å². The van der Waals surface area contributed by atoms with Gasteiger partial charge >= 0.3 is 23.5 Å². The van der Waals surface area contributed by atoms with E-state index in [1.165, 1.54) is 4.57 Å². The number of nitrogens with zero attached hydrogens (tertiary/aromatic N) is 4. The van der Waals surface area contributed by atoms with Gasteiger partial charge in [0, 0.05) is 18.6 Å². The molecule has 5 heterocycles. The van der Waals surface area contributed by atoms with Crippen LogP contribution < -0.4 is 28.7 Å². The molecule has 6 rings (SSSR count). The van der Waals surface area contributed by atoms with Crippen molar-refractivity contribution < 1.29 is 111 Å². The summed E-state index contributed by atoms with van der Waals surface area (Å²) in [6, 6.07) is -3.50. The molecule has 1 saturated carbocycles. The normalized spacial score (nSPS) is 43.0. The zero-order valence-electron chi connectivity index (χ0n) is 32.3. The van der Waals surface area contributed by atoms with Gasteiger partial charge < -0.3 is 108 Å². The maximum Gasteiger partial charge on any atom is 0.490 e. The van der Waals surface area contributed by atoms with Gasteiger partial charge in [-0.25, -0.2) is 28.6 Å². The van der Waals surface area contributed by atoms with Gasteiger partial charge in [0.1, 0.15) is 91.2 Å². The van der Waals surface area contributed by atoms with Gasteiger partial charge in [0.05, 0.1) is 25.6 Å². The Kier molecular flexibility index (Phi) is 15.8. The third-order valence-corrected chi connectivity index (χ3v) is 14.8. The quantitative estimate of drug-likeness (QED) is 0.0695. The van der Waals surface area contributed by atoms with Gasteiger partial charge in [-0.3, -0.25) is 13.6 Å². The third-order valence-electron chi connectivity index (χ3n) is 10.5. The van der Waals surface area contributed by atoms with Crippen LogP contribution in [0, 0.1) is 0 Å². The number of hydrogen-bond acceptors (Lipinski definition) is 28. The minimum atomic E-state index is -6.16. The summed E-state index contributed by atoms with van der Waals surface area (Å²) in [5.74, 6) is -0.0175. The molecular formula is C28H50N9O23P3. The molecule has 0 spiro atoms. The lowest BCUT2D eigenvalue weighted by Crippen LogP contribution is -2.68. The van der Waals surface area contributed by atoms with Crippen LogP contribution in [0.2, 0.25) is 0 Å². The molecular weight excluding hydrogens is 923 g/mol. The van der Waals surface area contributed by atoms with E-state index in [1.54, 1.807) is 0 Å². The number of imidazole rings is 1. The molecule has 3 saturated heterocycles. The molecule has 21 N–H and O–H groups in total. The summed E-state index contributed by atoms with van der Waals surface area (Å²) in [7, 11) is -17.9. The van der Waals surface area contributed by atoms with Crippen molar-refractivity contribution in [3.8, 4) is 0 Å². The van der Waals surface area contributed by atoms with Crippen molar-refractivity contribution in [2.75, 3.05) is 25.5 Å². The fourth-order valence-corrected chi connectivity index (χ4v) is 11.0. The highest BCUT2D eigenvalue weighted by Crippen LogP contribution is 2.68. The molecule has 4 fully saturated rings. The molecule has 22 atom stereocenters. The number of anilines is 1. The van der Waals surface area contributed by atoms with E-state index in [9.17, 15) is 69.2 Å². The summed E-state index contributed by atoms with van der Waals surface area (Å²) in [5, 5.41) is 84.5. The van der Waals surface area contributed by atoms with Gasteiger partial charge in [-0.15, -0.1) is 0 Å². The molecule has 0 radical (unpaired) electrons. The second-order valence-corrected chi connectivity index (χ2v) is 19.4. The smallest absolute Gasteiger partial charge is 0.394 e. The summed E-state index contributed by atoms with van der Waals surface area (Å²) >= 11 is 0. The predicted octanol–water partition coefficient (Wildman–Crippen LogP) is -7.87. The Bertz CT molecular complexity index is 2030. The topological polar surface area (TPSA) is 531 Å². The average Bonchev–Trinajstić information content (AvgIpc) is 3.75. The van der Waals surface area contributed by atoms with Gasteiger partial charge in [-0.05, 0) is 6.42 Å². The van der Waals surface area contributed by atoms with Crippen molar-refractivity contribution in [2.24, 2.45) is 22.9 Å². The molecule has 0 amide bonds. The van der Waals surface area contributed by atoms with Crippen LogP contribution in [0.5, 0.6) is 0 Å². The van der Waals surface area contributed by atoms with E-state index in [1.807, 2.05) is 0 Å². The standard InChI is InChI=1S/C28H50N9O23P3/c29-2-9-23(17(42)19(44)28(54-9)57-22-8(31)1-7(30)21(20(22)45)56-27-16(41)12(32)14(39)10(3-38)55-27)58-62(48,49)60-63(50,51)59-61(46,47)52-4-11-15(40)18(43)26(53-11)37-6-36-13-24(33)34-5-35-25(13)37/h5-12,14-23,26-28,38-45H,1-4,29-32H2,(H,46,47)(H,48,49)(H,50,51)(H2,33,34,35). The Labute approximate surface area is 354 Å². The number of hydrogen-bond donors (Lipinski definition) is 16. The summed E-state index contributed by atoms with van der Waals surface area (Å²) in [6.45, 7) is -2.50. The number of fused-ring (bicyclic) bond motifs is 1. The van der Waals surface area contributed by atoms with E-state index < -0.39 is 160 Å². The fraction of sp³-hybridized carbons (Fsp3) is 0.821. The van der Waals surface area contributed by atoms with Crippen LogP contribution in [0.15, 0.2) is 12.7 Å². The van der Waals surface area contributed by atoms with E-state index in [2.05, 4.69) is 28.1 Å². The summed E-state index contributed by atoms with van der Waals surface area (Å²) in [5.41, 5.74) is 29.8. The highest BCUT2D eigenvalue weighted by atomic mass is 31.3. The first-order chi connectivity index (χ1) is 29.4. The van der Waals surface area contributed by atoms with E-state index in [-0.39, 0.29) is 23.4 Å². The Morgan fingerprint density at radius 2 is 1.30 bits per heavy atom. The second-order valence-electron chi connectivity index (χ2n) is 14.9. The van der Waals surface area contributed by atoms with E-state index >= 15 is 0 Å². The number of phosphoric acid groups is 3. The van der Waals surface area contributed by atoms with Crippen LogP contribution in [0.4, 0.5) is 5.82 Å². The van der Waals surface area contributed by atoms with Gasteiger partial charge in [0.15, 0.2) is 30.3 Å². The number of aromatic nitrogens is 4. The molecule has 63 heavy (non-hydrogen) atoms. The summed E-state index contributed by atoms with van der Waals surface area (Å²) in [4.78, 5) is 42.5. The van der Waals surface area contributed by atoms with Gasteiger partial charge in [0.25, 0.3) is 0 Å². The van der Waals surface area contributed by atoms with Crippen LogP contribution in [-0.2, 0) is 55.0 Å². The molecule has 35 heteroatoms. The SMILES string of the molecule is NCC1OC(OC2C(N)CC(N)C(OC3OC(CO)C(O)C(N)C3O)C2O)C(O)C(O)C1OP(=O)(O)OP(=O)(O)OP(=O)(O)OCC1OC(n2cnc3c(N)ncnc32)C(O)C1O. The fourth-order valence-electron chi connectivity index (χ4n) is 7.31. The molecule has 22 unspecified atom stereocenters.